The molecule has 0 spiro atoms. The van der Waals surface area contributed by atoms with E-state index in [1.807, 2.05) is 32.0 Å². The summed E-state index contributed by atoms with van der Waals surface area (Å²) in [6.07, 6.45) is 2.25. The number of methoxy groups -OCH3 is 1. The number of anilines is 1. The zero-order valence-electron chi connectivity index (χ0n) is 14.9. The first kappa shape index (κ1) is 18.3. The molecule has 2 amide bonds. The van der Waals surface area contributed by atoms with E-state index < -0.39 is 12.0 Å². The number of nitrogens with zero attached hydrogens (tertiary/aromatic N) is 1. The number of ether oxygens (including phenoxy) is 2. The Kier molecular flexibility index (Phi) is 5.24. The van der Waals surface area contributed by atoms with Crippen molar-refractivity contribution in [3.05, 3.63) is 46.1 Å². The van der Waals surface area contributed by atoms with Crippen molar-refractivity contribution in [1.82, 2.24) is 10.3 Å². The predicted molar refractivity (Wildman–Crippen MR) is 98.3 cm³/mol. The summed E-state index contributed by atoms with van der Waals surface area (Å²) in [4.78, 5) is 29.7. The van der Waals surface area contributed by atoms with Crippen LogP contribution in [0.3, 0.4) is 0 Å². The van der Waals surface area contributed by atoms with Crippen LogP contribution in [0.25, 0.3) is 0 Å². The molecule has 3 heterocycles. The van der Waals surface area contributed by atoms with Crippen molar-refractivity contribution in [2.24, 2.45) is 0 Å². The lowest BCUT2D eigenvalue weighted by atomic mass is 9.93. The van der Waals surface area contributed by atoms with Crippen LogP contribution in [-0.2, 0) is 29.0 Å². The average Bonchev–Trinajstić information content (AvgIpc) is 2.96. The fraction of sp³-hybridized carbons (Fsp3) is 0.389. The molecule has 1 aliphatic rings. The monoisotopic (exact) mass is 375 g/mol. The Morgan fingerprint density at radius 3 is 2.88 bits per heavy atom. The van der Waals surface area contributed by atoms with Crippen LogP contribution in [0.5, 0.6) is 0 Å². The van der Waals surface area contributed by atoms with Crippen LogP contribution in [0.2, 0.25) is 0 Å². The van der Waals surface area contributed by atoms with Crippen LogP contribution in [0.15, 0.2) is 24.4 Å². The van der Waals surface area contributed by atoms with Crippen molar-refractivity contribution in [3.63, 3.8) is 0 Å². The quantitative estimate of drug-likeness (QED) is 0.802. The topological polar surface area (TPSA) is 89.5 Å². The molecule has 3 rings (SSSR count). The van der Waals surface area contributed by atoms with Crippen LogP contribution in [0, 0.1) is 0 Å². The molecule has 1 aliphatic heterocycles. The smallest absolute Gasteiger partial charge is 0.341 e. The van der Waals surface area contributed by atoms with Gasteiger partial charge in [-0.3, -0.25) is 10.3 Å². The Bertz CT molecular complexity index is 817. The van der Waals surface area contributed by atoms with E-state index in [4.69, 9.17) is 9.47 Å². The summed E-state index contributed by atoms with van der Waals surface area (Å²) in [6, 6.07) is 5.08. The van der Waals surface area contributed by atoms with Crippen molar-refractivity contribution in [1.29, 1.82) is 0 Å². The third kappa shape index (κ3) is 4.03. The molecule has 0 atom stereocenters. The molecule has 2 aromatic heterocycles. The molecule has 0 saturated heterocycles. The molecular weight excluding hydrogens is 354 g/mol. The van der Waals surface area contributed by atoms with Gasteiger partial charge in [-0.05, 0) is 31.5 Å². The van der Waals surface area contributed by atoms with Gasteiger partial charge in [0.2, 0.25) is 0 Å². The second-order valence-electron chi connectivity index (χ2n) is 6.55. The number of nitrogens with one attached hydrogen (secondary N) is 2. The minimum absolute atomic E-state index is 0.293. The Hall–Kier alpha value is -2.45. The number of amides is 2. The van der Waals surface area contributed by atoms with Crippen molar-refractivity contribution < 1.29 is 19.1 Å². The standard InChI is InChI=1S/C18H21N3O4S/c1-18(2)8-12-13(10-25-18)26-15(14(12)16(22)24-3)21-17(23)20-9-11-6-4-5-7-19-11/h4-7H,8-10H2,1-3H3,(H2,20,21,23). The number of hydrogen-bond donors (Lipinski definition) is 2. The zero-order chi connectivity index (χ0) is 18.7. The van der Waals surface area contributed by atoms with Gasteiger partial charge in [-0.25, -0.2) is 9.59 Å². The van der Waals surface area contributed by atoms with Gasteiger partial charge in [-0.1, -0.05) is 6.07 Å². The number of carbonyl (C=O) groups excluding carboxylic acids is 2. The summed E-state index contributed by atoms with van der Waals surface area (Å²) in [5.41, 5.74) is 1.68. The molecule has 0 bridgehead atoms. The second-order valence-corrected chi connectivity index (χ2v) is 7.66. The molecule has 0 saturated carbocycles. The van der Waals surface area contributed by atoms with Crippen LogP contribution in [0.1, 0.15) is 40.3 Å². The molecule has 0 aliphatic carbocycles. The third-order valence-electron chi connectivity index (χ3n) is 4.06. The Labute approximate surface area is 155 Å². The molecule has 2 aromatic rings. The molecule has 26 heavy (non-hydrogen) atoms. The summed E-state index contributed by atoms with van der Waals surface area (Å²) in [5.74, 6) is -0.458. The summed E-state index contributed by atoms with van der Waals surface area (Å²) >= 11 is 1.34. The normalized spacial score (nSPS) is 15.0. The van der Waals surface area contributed by atoms with Crippen LogP contribution in [0.4, 0.5) is 9.80 Å². The second kappa shape index (κ2) is 7.43. The summed E-state index contributed by atoms with van der Waals surface area (Å²) in [5, 5.41) is 5.98. The number of esters is 1. The van der Waals surface area contributed by atoms with E-state index in [1.54, 1.807) is 6.20 Å². The largest absolute Gasteiger partial charge is 0.465 e. The molecular formula is C18H21N3O4S. The van der Waals surface area contributed by atoms with Crippen LogP contribution >= 0.6 is 11.3 Å². The number of urea groups is 1. The van der Waals surface area contributed by atoms with Crippen molar-refractivity contribution in [3.8, 4) is 0 Å². The maximum atomic E-state index is 12.3. The number of pyridine rings is 1. The van der Waals surface area contributed by atoms with Crippen LogP contribution in [-0.4, -0.2) is 29.7 Å². The van der Waals surface area contributed by atoms with Gasteiger partial charge in [-0.15, -0.1) is 11.3 Å². The van der Waals surface area contributed by atoms with Gasteiger partial charge in [0, 0.05) is 17.5 Å². The van der Waals surface area contributed by atoms with Crippen molar-refractivity contribution in [2.75, 3.05) is 12.4 Å². The van der Waals surface area contributed by atoms with Gasteiger partial charge in [0.05, 0.1) is 37.1 Å². The lowest BCUT2D eigenvalue weighted by molar-refractivity contribution is -0.0384. The predicted octanol–water partition coefficient (Wildman–Crippen LogP) is 3.10. The molecule has 0 unspecified atom stereocenters. The first-order chi connectivity index (χ1) is 12.4. The SMILES string of the molecule is COC(=O)c1c(NC(=O)NCc2ccccn2)sc2c1CC(C)(C)OC2. The van der Waals surface area contributed by atoms with E-state index >= 15 is 0 Å². The number of rotatable bonds is 4. The Morgan fingerprint density at radius 2 is 2.19 bits per heavy atom. The number of fused-ring (bicyclic) bond motifs is 1. The highest BCUT2D eigenvalue weighted by atomic mass is 32.1. The van der Waals surface area contributed by atoms with Gasteiger partial charge in [0.15, 0.2) is 0 Å². The van der Waals surface area contributed by atoms with E-state index in [9.17, 15) is 9.59 Å². The molecule has 0 aromatic carbocycles. The number of carbonyl (C=O) groups is 2. The highest BCUT2D eigenvalue weighted by Crippen LogP contribution is 2.40. The molecule has 0 radical (unpaired) electrons. The number of aromatic nitrogens is 1. The fourth-order valence-electron chi connectivity index (χ4n) is 2.78. The van der Waals surface area contributed by atoms with Crippen molar-refractivity contribution in [2.45, 2.75) is 39.0 Å². The Balaban J connectivity index is 1.78. The third-order valence-corrected chi connectivity index (χ3v) is 5.18. The van der Waals surface area contributed by atoms with Gasteiger partial charge >= 0.3 is 12.0 Å². The lowest BCUT2D eigenvalue weighted by Crippen LogP contribution is -2.32. The van der Waals surface area contributed by atoms with E-state index in [0.29, 0.717) is 30.1 Å². The molecule has 8 heteroatoms. The first-order valence-corrected chi connectivity index (χ1v) is 9.03. The Morgan fingerprint density at radius 1 is 1.38 bits per heavy atom. The molecule has 138 valence electrons. The maximum absolute atomic E-state index is 12.3. The van der Waals surface area contributed by atoms with E-state index in [2.05, 4.69) is 15.6 Å². The van der Waals surface area contributed by atoms with Gasteiger partial charge < -0.3 is 14.8 Å². The van der Waals surface area contributed by atoms with E-state index in [0.717, 1.165) is 16.1 Å². The van der Waals surface area contributed by atoms with Gasteiger partial charge in [-0.2, -0.15) is 0 Å². The minimum atomic E-state index is -0.458. The first-order valence-electron chi connectivity index (χ1n) is 8.21. The fourth-order valence-corrected chi connectivity index (χ4v) is 3.89. The van der Waals surface area contributed by atoms with E-state index in [1.165, 1.54) is 18.4 Å². The highest BCUT2D eigenvalue weighted by molar-refractivity contribution is 7.17. The molecule has 2 N–H and O–H groups in total. The average molecular weight is 375 g/mol. The lowest BCUT2D eigenvalue weighted by Gasteiger charge is -2.30. The summed E-state index contributed by atoms with van der Waals surface area (Å²) in [7, 11) is 1.34. The summed E-state index contributed by atoms with van der Waals surface area (Å²) < 4.78 is 10.7. The number of thiophene rings is 1. The minimum Gasteiger partial charge on any atom is -0.465 e. The van der Waals surface area contributed by atoms with Gasteiger partial charge in [0.1, 0.15) is 5.00 Å². The summed E-state index contributed by atoms with van der Waals surface area (Å²) in [6.45, 7) is 4.65. The zero-order valence-corrected chi connectivity index (χ0v) is 15.7. The van der Waals surface area contributed by atoms with Gasteiger partial charge in [0.25, 0.3) is 0 Å². The highest BCUT2D eigenvalue weighted by Gasteiger charge is 2.34. The van der Waals surface area contributed by atoms with Crippen LogP contribution < -0.4 is 10.6 Å². The molecule has 7 nitrogen and oxygen atoms in total. The molecule has 0 fully saturated rings. The number of hydrogen-bond acceptors (Lipinski definition) is 6. The van der Waals surface area contributed by atoms with Crippen molar-refractivity contribution >= 4 is 28.3 Å². The van der Waals surface area contributed by atoms with E-state index in [-0.39, 0.29) is 5.60 Å². The maximum Gasteiger partial charge on any atom is 0.341 e.